The molecule has 164 valence electrons. The van der Waals surface area contributed by atoms with Gasteiger partial charge in [0.2, 0.25) is 0 Å². The standard InChI is InChI=1S/C17H25BrN2O2.C6H6BrN/c1-17(2,3)22-16(21)20-9-7-13(8-10-20)12-19-15-6-4-5-14(18)11-15;7-5-2-1-3-6(8)4-5/h4-6,11,13,19H,7-10,12H2,1-3H3;1-4H,8H2. The second-order valence-corrected chi connectivity index (χ2v) is 10.2. The van der Waals surface area contributed by atoms with E-state index in [2.05, 4.69) is 49.3 Å². The Morgan fingerprint density at radius 3 is 2.20 bits per heavy atom. The summed E-state index contributed by atoms with van der Waals surface area (Å²) in [6, 6.07) is 15.7. The van der Waals surface area contributed by atoms with Gasteiger partial charge in [0.05, 0.1) is 0 Å². The van der Waals surface area contributed by atoms with Gasteiger partial charge in [-0.2, -0.15) is 0 Å². The van der Waals surface area contributed by atoms with Gasteiger partial charge in [0.25, 0.3) is 0 Å². The van der Waals surface area contributed by atoms with E-state index in [1.165, 1.54) is 0 Å². The molecule has 1 fully saturated rings. The minimum atomic E-state index is -0.420. The monoisotopic (exact) mass is 539 g/mol. The molecule has 0 spiro atoms. The van der Waals surface area contributed by atoms with Crippen molar-refractivity contribution in [2.24, 2.45) is 5.92 Å². The average Bonchev–Trinajstić information content (AvgIpc) is 2.66. The summed E-state index contributed by atoms with van der Waals surface area (Å²) in [5.41, 5.74) is 6.93. The number of benzene rings is 2. The number of hydrogen-bond acceptors (Lipinski definition) is 4. The van der Waals surface area contributed by atoms with Gasteiger partial charge in [0.15, 0.2) is 0 Å². The van der Waals surface area contributed by atoms with Gasteiger partial charge in [0.1, 0.15) is 5.60 Å². The Kier molecular flexibility index (Phi) is 9.49. The predicted molar refractivity (Wildman–Crippen MR) is 132 cm³/mol. The van der Waals surface area contributed by atoms with Gasteiger partial charge in [-0.1, -0.05) is 44.0 Å². The minimum absolute atomic E-state index is 0.189. The number of amides is 1. The summed E-state index contributed by atoms with van der Waals surface area (Å²) < 4.78 is 7.53. The molecule has 7 heteroatoms. The first-order valence-electron chi connectivity index (χ1n) is 10.1. The second-order valence-electron chi connectivity index (χ2n) is 8.36. The number of nitrogens with zero attached hydrogens (tertiary/aromatic N) is 1. The van der Waals surface area contributed by atoms with Crippen molar-refractivity contribution in [1.82, 2.24) is 4.90 Å². The summed E-state index contributed by atoms with van der Waals surface area (Å²) in [5, 5.41) is 3.47. The first-order valence-corrected chi connectivity index (χ1v) is 11.7. The third-order valence-electron chi connectivity index (χ3n) is 4.53. The zero-order valence-electron chi connectivity index (χ0n) is 17.8. The Balaban J connectivity index is 0.000000335. The SMILES string of the molecule is CC(C)(C)OC(=O)N1CCC(CNc2cccc(Br)c2)CC1.Nc1cccc(Br)c1. The summed E-state index contributed by atoms with van der Waals surface area (Å²) in [7, 11) is 0. The van der Waals surface area contributed by atoms with Crippen LogP contribution in [0.25, 0.3) is 0 Å². The summed E-state index contributed by atoms with van der Waals surface area (Å²) in [6.07, 6.45) is 1.84. The van der Waals surface area contributed by atoms with Gasteiger partial charge in [-0.25, -0.2) is 4.79 Å². The van der Waals surface area contributed by atoms with E-state index < -0.39 is 5.60 Å². The fraction of sp³-hybridized carbons (Fsp3) is 0.435. The van der Waals surface area contributed by atoms with Gasteiger partial charge in [0, 0.05) is 40.0 Å². The molecule has 0 saturated carbocycles. The number of hydrogen-bond donors (Lipinski definition) is 2. The molecule has 30 heavy (non-hydrogen) atoms. The number of carbonyl (C=O) groups is 1. The number of nitrogens with one attached hydrogen (secondary N) is 1. The van der Waals surface area contributed by atoms with Gasteiger partial charge in [-0.15, -0.1) is 0 Å². The van der Waals surface area contributed by atoms with Crippen LogP contribution in [-0.2, 0) is 4.74 Å². The normalized spacial score (nSPS) is 14.5. The fourth-order valence-corrected chi connectivity index (χ4v) is 3.83. The van der Waals surface area contributed by atoms with Crippen LogP contribution in [0.3, 0.4) is 0 Å². The smallest absolute Gasteiger partial charge is 0.410 e. The molecule has 2 aromatic carbocycles. The molecule has 0 bridgehead atoms. The molecule has 5 nitrogen and oxygen atoms in total. The summed E-state index contributed by atoms with van der Waals surface area (Å²) >= 11 is 6.76. The lowest BCUT2D eigenvalue weighted by atomic mass is 9.97. The van der Waals surface area contributed by atoms with Crippen LogP contribution in [0, 0.1) is 5.92 Å². The molecule has 1 aliphatic rings. The van der Waals surface area contributed by atoms with Crippen molar-refractivity contribution in [2.75, 3.05) is 30.7 Å². The second kappa shape index (κ2) is 11.6. The van der Waals surface area contributed by atoms with Crippen molar-refractivity contribution in [1.29, 1.82) is 0 Å². The molecule has 3 rings (SSSR count). The van der Waals surface area contributed by atoms with E-state index >= 15 is 0 Å². The molecule has 0 aromatic heterocycles. The number of nitrogen functional groups attached to an aromatic ring is 1. The van der Waals surface area contributed by atoms with Crippen LogP contribution in [0.1, 0.15) is 33.6 Å². The number of rotatable bonds is 3. The number of anilines is 2. The zero-order chi connectivity index (χ0) is 22.1. The Labute approximate surface area is 196 Å². The number of halogens is 2. The van der Waals surface area contributed by atoms with E-state index in [9.17, 15) is 4.79 Å². The van der Waals surface area contributed by atoms with Crippen LogP contribution < -0.4 is 11.1 Å². The summed E-state index contributed by atoms with van der Waals surface area (Å²) in [4.78, 5) is 13.8. The topological polar surface area (TPSA) is 67.6 Å². The molecular weight excluding hydrogens is 510 g/mol. The van der Waals surface area contributed by atoms with Crippen LogP contribution in [0.4, 0.5) is 16.2 Å². The van der Waals surface area contributed by atoms with Crippen LogP contribution in [0.5, 0.6) is 0 Å². The lowest BCUT2D eigenvalue weighted by Gasteiger charge is -2.33. The van der Waals surface area contributed by atoms with E-state index in [0.29, 0.717) is 5.92 Å². The maximum atomic E-state index is 12.0. The average molecular weight is 541 g/mol. The molecule has 1 heterocycles. The predicted octanol–water partition coefficient (Wildman–Crippen LogP) is 6.54. The molecule has 1 amide bonds. The van der Waals surface area contributed by atoms with Crippen molar-refractivity contribution in [2.45, 2.75) is 39.2 Å². The highest BCUT2D eigenvalue weighted by molar-refractivity contribution is 9.10. The lowest BCUT2D eigenvalue weighted by Crippen LogP contribution is -2.42. The quantitative estimate of drug-likeness (QED) is 0.434. The van der Waals surface area contributed by atoms with Gasteiger partial charge < -0.3 is 20.7 Å². The minimum Gasteiger partial charge on any atom is -0.444 e. The van der Waals surface area contributed by atoms with Crippen molar-refractivity contribution >= 4 is 49.3 Å². The summed E-state index contributed by atoms with van der Waals surface area (Å²) in [5.74, 6) is 0.595. The van der Waals surface area contributed by atoms with Crippen LogP contribution >= 0.6 is 31.9 Å². The molecule has 1 aliphatic heterocycles. The summed E-state index contributed by atoms with van der Waals surface area (Å²) in [6.45, 7) is 8.21. The zero-order valence-corrected chi connectivity index (χ0v) is 21.0. The highest BCUT2D eigenvalue weighted by atomic mass is 79.9. The van der Waals surface area contributed by atoms with Gasteiger partial charge in [-0.05, 0) is 75.9 Å². The molecule has 2 aromatic rings. The Hall–Kier alpha value is -1.73. The number of piperidine rings is 1. The van der Waals surface area contributed by atoms with Crippen LogP contribution in [-0.4, -0.2) is 36.2 Å². The molecular formula is C23H31Br2N3O2. The van der Waals surface area contributed by atoms with Crippen LogP contribution in [0.2, 0.25) is 0 Å². The number of likely N-dealkylation sites (tertiary alicyclic amines) is 1. The first-order chi connectivity index (χ1) is 14.1. The number of carbonyl (C=O) groups excluding carboxylic acids is 1. The Morgan fingerprint density at radius 2 is 1.70 bits per heavy atom. The molecule has 0 atom stereocenters. The molecule has 0 aliphatic carbocycles. The van der Waals surface area contributed by atoms with E-state index in [1.807, 2.05) is 62.1 Å². The van der Waals surface area contributed by atoms with E-state index in [1.54, 1.807) is 0 Å². The third kappa shape index (κ3) is 9.39. The first kappa shape index (κ1) is 24.5. The van der Waals surface area contributed by atoms with Crippen LogP contribution in [0.15, 0.2) is 57.5 Å². The van der Waals surface area contributed by atoms with E-state index in [0.717, 1.165) is 52.8 Å². The molecule has 3 N–H and O–H groups in total. The van der Waals surface area contributed by atoms with Crippen molar-refractivity contribution in [3.63, 3.8) is 0 Å². The molecule has 0 radical (unpaired) electrons. The van der Waals surface area contributed by atoms with Crippen molar-refractivity contribution in [3.05, 3.63) is 57.5 Å². The fourth-order valence-electron chi connectivity index (χ4n) is 3.01. The van der Waals surface area contributed by atoms with Crippen molar-refractivity contribution in [3.8, 4) is 0 Å². The van der Waals surface area contributed by atoms with E-state index in [4.69, 9.17) is 10.5 Å². The van der Waals surface area contributed by atoms with Gasteiger partial charge >= 0.3 is 6.09 Å². The van der Waals surface area contributed by atoms with Gasteiger partial charge in [-0.3, -0.25) is 0 Å². The number of ether oxygens (including phenoxy) is 1. The highest BCUT2D eigenvalue weighted by Crippen LogP contribution is 2.21. The maximum absolute atomic E-state index is 12.0. The van der Waals surface area contributed by atoms with Crippen molar-refractivity contribution < 1.29 is 9.53 Å². The largest absolute Gasteiger partial charge is 0.444 e. The maximum Gasteiger partial charge on any atom is 0.410 e. The molecule has 0 unspecified atom stereocenters. The highest BCUT2D eigenvalue weighted by Gasteiger charge is 2.26. The Bertz CT molecular complexity index is 799. The number of nitrogens with two attached hydrogens (primary N) is 1. The third-order valence-corrected chi connectivity index (χ3v) is 5.52. The molecule has 1 saturated heterocycles. The lowest BCUT2D eigenvalue weighted by molar-refractivity contribution is 0.0188. The van der Waals surface area contributed by atoms with E-state index in [-0.39, 0.29) is 6.09 Å². The Morgan fingerprint density at radius 1 is 1.10 bits per heavy atom.